The van der Waals surface area contributed by atoms with Gasteiger partial charge < -0.3 is 51.3 Å². The van der Waals surface area contributed by atoms with E-state index < -0.39 is 54.4 Å². The van der Waals surface area contributed by atoms with Gasteiger partial charge in [-0.1, -0.05) is 24.3 Å². The van der Waals surface area contributed by atoms with Crippen LogP contribution in [0.1, 0.15) is 56.6 Å². The average Bonchev–Trinajstić information content (AvgIpc) is 3.45. The number of nitrogens with two attached hydrogens (primary N) is 1. The molecule has 3 amide bonds. The molecule has 5 rings (SSSR count). The number of amides is 3. The first-order chi connectivity index (χ1) is 23.4. The topological polar surface area (TPSA) is 222 Å². The van der Waals surface area contributed by atoms with E-state index in [0.717, 1.165) is 0 Å². The number of ether oxygens (including phenoxy) is 1. The lowest BCUT2D eigenvalue weighted by Gasteiger charge is -2.42. The SMILES string of the molecule is CCO[C@@H]1[C@@H](NC(=O)C2CC3CCC(O)CC3N2C(=O)[C@@H](Cc2ccc(O)cc2)NC(=O)[C@H](O)Cc2ccc(O)cc2)CCCN1C(=N)N. The summed E-state index contributed by atoms with van der Waals surface area (Å²) < 4.78 is 5.92. The highest BCUT2D eigenvalue weighted by Crippen LogP contribution is 2.40. The summed E-state index contributed by atoms with van der Waals surface area (Å²) in [6.45, 7) is 2.68. The van der Waals surface area contributed by atoms with Crippen LogP contribution in [0.3, 0.4) is 0 Å². The molecule has 4 unspecified atom stereocenters. The molecular formula is C35H48N6O8. The molecule has 2 aromatic carbocycles. The van der Waals surface area contributed by atoms with Crippen molar-refractivity contribution in [2.45, 2.75) is 101 Å². The molecule has 0 radical (unpaired) electrons. The van der Waals surface area contributed by atoms with Crippen molar-refractivity contribution in [2.75, 3.05) is 13.2 Å². The van der Waals surface area contributed by atoms with Gasteiger partial charge in [-0.2, -0.15) is 0 Å². The van der Waals surface area contributed by atoms with Crippen molar-refractivity contribution in [3.05, 3.63) is 59.7 Å². The maximum Gasteiger partial charge on any atom is 0.249 e. The number of rotatable bonds is 11. The van der Waals surface area contributed by atoms with E-state index in [-0.39, 0.29) is 48.5 Å². The number of nitrogens with zero attached hydrogens (tertiary/aromatic N) is 2. The lowest BCUT2D eigenvalue weighted by molar-refractivity contribution is -0.146. The molecule has 2 heterocycles. The Morgan fingerprint density at radius 1 is 0.980 bits per heavy atom. The first-order valence-corrected chi connectivity index (χ1v) is 17.0. The number of hydrogen-bond acceptors (Lipinski definition) is 9. The predicted octanol–water partition coefficient (Wildman–Crippen LogP) is 0.696. The maximum absolute atomic E-state index is 14.7. The predicted molar refractivity (Wildman–Crippen MR) is 179 cm³/mol. The molecule has 0 bridgehead atoms. The molecule has 2 saturated heterocycles. The number of nitrogens with one attached hydrogen (secondary N) is 3. The molecule has 9 N–H and O–H groups in total. The van der Waals surface area contributed by atoms with Crippen LogP contribution in [-0.4, -0.2) is 110 Å². The Balaban J connectivity index is 1.41. The number of guanidine groups is 1. The van der Waals surface area contributed by atoms with Gasteiger partial charge in [-0.3, -0.25) is 19.8 Å². The maximum atomic E-state index is 14.7. The zero-order valence-electron chi connectivity index (χ0n) is 27.7. The number of likely N-dealkylation sites (tertiary alicyclic amines) is 2. The zero-order chi connectivity index (χ0) is 35.2. The fourth-order valence-electron chi connectivity index (χ4n) is 7.47. The first-order valence-electron chi connectivity index (χ1n) is 17.0. The van der Waals surface area contributed by atoms with Gasteiger partial charge in [-0.25, -0.2) is 0 Å². The number of aliphatic hydroxyl groups excluding tert-OH is 2. The molecule has 0 spiro atoms. The summed E-state index contributed by atoms with van der Waals surface area (Å²) >= 11 is 0. The molecule has 14 heteroatoms. The molecule has 2 aromatic rings. The van der Waals surface area contributed by atoms with Gasteiger partial charge in [0.2, 0.25) is 17.7 Å². The highest BCUT2D eigenvalue weighted by molar-refractivity contribution is 5.94. The van der Waals surface area contributed by atoms with Crippen LogP contribution in [0.5, 0.6) is 11.5 Å². The Kier molecular flexibility index (Phi) is 11.6. The van der Waals surface area contributed by atoms with E-state index in [1.165, 1.54) is 29.2 Å². The van der Waals surface area contributed by atoms with Crippen LogP contribution in [0.15, 0.2) is 48.5 Å². The van der Waals surface area contributed by atoms with Crippen LogP contribution in [0.2, 0.25) is 0 Å². The molecule has 2 aliphatic heterocycles. The summed E-state index contributed by atoms with van der Waals surface area (Å²) in [5.74, 6) is -1.81. The summed E-state index contributed by atoms with van der Waals surface area (Å²) in [6, 6.07) is 9.27. The van der Waals surface area contributed by atoms with Gasteiger partial charge in [0.15, 0.2) is 12.2 Å². The van der Waals surface area contributed by atoms with Gasteiger partial charge in [-0.05, 0) is 86.8 Å². The number of phenolic OH excluding ortho intramolecular Hbond substituents is 2. The van der Waals surface area contributed by atoms with E-state index in [1.807, 2.05) is 6.92 Å². The number of carbonyl (C=O) groups excluding carboxylic acids is 3. The molecule has 3 aliphatic rings. The van der Waals surface area contributed by atoms with Crippen molar-refractivity contribution in [1.29, 1.82) is 5.41 Å². The van der Waals surface area contributed by atoms with Crippen molar-refractivity contribution in [2.24, 2.45) is 11.7 Å². The second kappa shape index (κ2) is 15.9. The number of aromatic hydroxyl groups is 2. The third-order valence-corrected chi connectivity index (χ3v) is 9.90. The van der Waals surface area contributed by atoms with Gasteiger partial charge in [0.1, 0.15) is 29.7 Å². The van der Waals surface area contributed by atoms with Crippen LogP contribution < -0.4 is 16.4 Å². The molecular weight excluding hydrogens is 632 g/mol. The number of piperidine rings is 1. The third kappa shape index (κ3) is 8.61. The van der Waals surface area contributed by atoms with Gasteiger partial charge in [-0.15, -0.1) is 0 Å². The highest BCUT2D eigenvalue weighted by atomic mass is 16.5. The van der Waals surface area contributed by atoms with Gasteiger partial charge in [0, 0.05) is 32.0 Å². The van der Waals surface area contributed by atoms with E-state index in [9.17, 15) is 34.8 Å². The number of fused-ring (bicyclic) bond motifs is 1. The zero-order valence-corrected chi connectivity index (χ0v) is 27.7. The number of benzene rings is 2. The molecule has 0 aromatic heterocycles. The number of phenols is 2. The lowest BCUT2D eigenvalue weighted by atomic mass is 9.83. The molecule has 14 nitrogen and oxygen atoms in total. The second-order valence-corrected chi connectivity index (χ2v) is 13.3. The Hall–Kier alpha value is -4.40. The smallest absolute Gasteiger partial charge is 0.249 e. The van der Waals surface area contributed by atoms with Gasteiger partial charge in [0.05, 0.1) is 12.1 Å². The number of aliphatic hydroxyl groups is 2. The van der Waals surface area contributed by atoms with Crippen LogP contribution in [0.25, 0.3) is 0 Å². The molecule has 1 aliphatic carbocycles. The second-order valence-electron chi connectivity index (χ2n) is 13.3. The van der Waals surface area contributed by atoms with Gasteiger partial charge in [0.25, 0.3) is 0 Å². The summed E-state index contributed by atoms with van der Waals surface area (Å²) in [5.41, 5.74) is 7.08. The molecule has 49 heavy (non-hydrogen) atoms. The summed E-state index contributed by atoms with van der Waals surface area (Å²) in [5, 5.41) is 54.8. The van der Waals surface area contributed by atoms with Crippen LogP contribution in [0, 0.1) is 11.3 Å². The lowest BCUT2D eigenvalue weighted by Crippen LogP contribution is -2.62. The Labute approximate surface area is 285 Å². The van der Waals surface area contributed by atoms with Crippen molar-refractivity contribution in [1.82, 2.24) is 20.4 Å². The van der Waals surface area contributed by atoms with E-state index in [1.54, 1.807) is 29.2 Å². The van der Waals surface area contributed by atoms with E-state index in [4.69, 9.17) is 15.9 Å². The van der Waals surface area contributed by atoms with Crippen molar-refractivity contribution in [3.8, 4) is 11.5 Å². The molecule has 3 fully saturated rings. The average molecular weight is 681 g/mol. The van der Waals surface area contributed by atoms with Crippen LogP contribution >= 0.6 is 0 Å². The van der Waals surface area contributed by atoms with Crippen molar-refractivity contribution in [3.63, 3.8) is 0 Å². The van der Waals surface area contributed by atoms with Crippen LogP contribution in [-0.2, 0) is 32.0 Å². The Bertz CT molecular complexity index is 1470. The largest absolute Gasteiger partial charge is 0.508 e. The standard InChI is InChI=1S/C35H48N6O8/c1-2-49-34-26(4-3-15-40(34)35(36)37)38-31(46)29-18-22-9-14-25(44)19-28(22)41(29)33(48)27(16-20-5-10-23(42)11-6-20)39-32(47)30(45)17-21-7-12-24(43)13-8-21/h5-8,10-13,22,25-30,34,42-45H,2-4,9,14-19H2,1H3,(H3,36,37)(H,38,46)(H,39,47)/t22?,25?,26-,27+,28?,29?,30+,34+/m0/s1. The molecule has 1 saturated carbocycles. The number of hydrogen-bond donors (Lipinski definition) is 8. The third-order valence-electron chi connectivity index (χ3n) is 9.90. The van der Waals surface area contributed by atoms with E-state index in [0.29, 0.717) is 56.4 Å². The molecule has 8 atom stereocenters. The van der Waals surface area contributed by atoms with Crippen molar-refractivity contribution < 1.29 is 39.5 Å². The monoisotopic (exact) mass is 680 g/mol. The minimum atomic E-state index is -1.51. The first kappa shape index (κ1) is 35.9. The molecule has 266 valence electrons. The Morgan fingerprint density at radius 3 is 2.22 bits per heavy atom. The normalized spacial score (nSPS) is 26.3. The van der Waals surface area contributed by atoms with Crippen molar-refractivity contribution >= 4 is 23.7 Å². The van der Waals surface area contributed by atoms with Crippen LogP contribution in [0.4, 0.5) is 0 Å². The fourth-order valence-corrected chi connectivity index (χ4v) is 7.47. The quantitative estimate of drug-likeness (QED) is 0.123. The minimum absolute atomic E-state index is 0.0180. The fraction of sp³-hybridized carbons (Fsp3) is 0.543. The minimum Gasteiger partial charge on any atom is -0.508 e. The summed E-state index contributed by atoms with van der Waals surface area (Å²) in [4.78, 5) is 45.3. The number of carbonyl (C=O) groups is 3. The highest BCUT2D eigenvalue weighted by Gasteiger charge is 2.51. The van der Waals surface area contributed by atoms with E-state index in [2.05, 4.69) is 10.6 Å². The van der Waals surface area contributed by atoms with Gasteiger partial charge >= 0.3 is 0 Å². The summed E-state index contributed by atoms with van der Waals surface area (Å²) in [7, 11) is 0. The van der Waals surface area contributed by atoms with E-state index >= 15 is 0 Å². The summed E-state index contributed by atoms with van der Waals surface area (Å²) in [6.07, 6.45) is 0.256. The Morgan fingerprint density at radius 2 is 1.61 bits per heavy atom.